The molecule has 0 aliphatic rings. The molecule has 2 aromatic carbocycles. The highest BCUT2D eigenvalue weighted by atomic mass is 32.2. The fourth-order valence-corrected chi connectivity index (χ4v) is 3.85. The normalized spacial score (nSPS) is 11.1. The molecule has 3 rings (SSSR count). The zero-order valence-corrected chi connectivity index (χ0v) is 16.9. The third-order valence-electron chi connectivity index (χ3n) is 4.25. The van der Waals surface area contributed by atoms with Gasteiger partial charge in [-0.05, 0) is 43.5 Å². The number of thioether (sulfide) groups is 1. The lowest BCUT2D eigenvalue weighted by molar-refractivity contribution is -0.384. The average molecular weight is 412 g/mol. The van der Waals surface area contributed by atoms with E-state index in [2.05, 4.69) is 58.6 Å². The Morgan fingerprint density at radius 3 is 2.69 bits per heavy atom. The van der Waals surface area contributed by atoms with Crippen molar-refractivity contribution in [2.75, 3.05) is 5.43 Å². The maximum Gasteiger partial charge on any atom is 0.270 e. The molecule has 0 radical (unpaired) electrons. The molecule has 0 atom stereocenters. The largest absolute Gasteiger partial charge is 0.507 e. The Labute approximate surface area is 171 Å². The molecule has 29 heavy (non-hydrogen) atoms. The number of non-ortho nitro benzene ring substituents is 1. The highest BCUT2D eigenvalue weighted by molar-refractivity contribution is 7.98. The van der Waals surface area contributed by atoms with Gasteiger partial charge in [0.1, 0.15) is 5.75 Å². The SMILES string of the molecule is Cc1cc(C)c(CSc2n[nH]c(N/N=C\c3cc([N+](=O)[O-])ccc3O)n2)c(C)c1. The third kappa shape index (κ3) is 5.11. The summed E-state index contributed by atoms with van der Waals surface area (Å²) in [4.78, 5) is 14.6. The minimum atomic E-state index is -0.540. The molecule has 1 heterocycles. The van der Waals surface area contributed by atoms with E-state index in [4.69, 9.17) is 0 Å². The van der Waals surface area contributed by atoms with Crippen LogP contribution in [-0.2, 0) is 5.75 Å². The molecular weight excluding hydrogens is 392 g/mol. The highest BCUT2D eigenvalue weighted by Crippen LogP contribution is 2.25. The number of hydrogen-bond donors (Lipinski definition) is 3. The number of nitro groups is 1. The quantitative estimate of drug-likeness (QED) is 0.231. The van der Waals surface area contributed by atoms with E-state index in [1.54, 1.807) is 0 Å². The van der Waals surface area contributed by atoms with E-state index in [-0.39, 0.29) is 17.0 Å². The minimum absolute atomic E-state index is 0.112. The van der Waals surface area contributed by atoms with E-state index in [0.29, 0.717) is 11.1 Å². The van der Waals surface area contributed by atoms with Gasteiger partial charge in [-0.2, -0.15) is 10.1 Å². The second-order valence-corrected chi connectivity index (χ2v) is 7.45. The predicted octanol–water partition coefficient (Wildman–Crippen LogP) is 4.08. The van der Waals surface area contributed by atoms with Crippen molar-refractivity contribution in [3.05, 3.63) is 68.3 Å². The number of aromatic hydroxyl groups is 1. The highest BCUT2D eigenvalue weighted by Gasteiger charge is 2.10. The molecule has 3 aromatic rings. The first-order valence-electron chi connectivity index (χ1n) is 8.72. The van der Waals surface area contributed by atoms with Crippen LogP contribution < -0.4 is 5.43 Å². The van der Waals surface area contributed by atoms with E-state index < -0.39 is 4.92 Å². The van der Waals surface area contributed by atoms with Crippen molar-refractivity contribution < 1.29 is 10.0 Å². The number of aromatic amines is 1. The number of hydrogen-bond acceptors (Lipinski definition) is 8. The minimum Gasteiger partial charge on any atom is -0.507 e. The van der Waals surface area contributed by atoms with Gasteiger partial charge in [-0.1, -0.05) is 29.5 Å². The van der Waals surface area contributed by atoms with Crippen LogP contribution in [0.2, 0.25) is 0 Å². The molecule has 0 spiro atoms. The van der Waals surface area contributed by atoms with Gasteiger partial charge in [0, 0.05) is 23.4 Å². The van der Waals surface area contributed by atoms with Crippen LogP contribution in [0.5, 0.6) is 5.75 Å². The Bertz CT molecular complexity index is 1060. The molecule has 0 amide bonds. The lowest BCUT2D eigenvalue weighted by Gasteiger charge is -2.09. The Morgan fingerprint density at radius 2 is 2.00 bits per heavy atom. The number of phenols is 1. The number of nitrogens with zero attached hydrogens (tertiary/aromatic N) is 4. The number of aryl methyl sites for hydroxylation is 3. The van der Waals surface area contributed by atoms with Gasteiger partial charge in [-0.15, -0.1) is 5.10 Å². The zero-order valence-electron chi connectivity index (χ0n) is 16.1. The number of benzene rings is 2. The van der Waals surface area contributed by atoms with Crippen LogP contribution in [-0.4, -0.2) is 31.4 Å². The third-order valence-corrected chi connectivity index (χ3v) is 5.12. The molecule has 0 fully saturated rings. The van der Waals surface area contributed by atoms with Crippen LogP contribution in [0, 0.1) is 30.9 Å². The van der Waals surface area contributed by atoms with Crippen LogP contribution in [0.25, 0.3) is 0 Å². The summed E-state index contributed by atoms with van der Waals surface area (Å²) in [5.41, 5.74) is 7.73. The van der Waals surface area contributed by atoms with Gasteiger partial charge in [0.05, 0.1) is 11.1 Å². The number of anilines is 1. The molecule has 0 saturated heterocycles. The van der Waals surface area contributed by atoms with Crippen LogP contribution >= 0.6 is 11.8 Å². The Hall–Kier alpha value is -3.40. The summed E-state index contributed by atoms with van der Waals surface area (Å²) in [6.45, 7) is 6.27. The standard InChI is InChI=1S/C19H20N6O3S/c1-11-6-12(2)16(13(3)7-11)10-29-19-21-18(23-24-19)22-20-9-14-8-15(25(27)28)4-5-17(14)26/h4-9,26H,10H2,1-3H3,(H2,21,22,23,24)/b20-9-. The molecule has 9 nitrogen and oxygen atoms in total. The van der Waals surface area contributed by atoms with Crippen molar-refractivity contribution in [2.45, 2.75) is 31.7 Å². The van der Waals surface area contributed by atoms with Gasteiger partial charge >= 0.3 is 0 Å². The predicted molar refractivity (Wildman–Crippen MR) is 113 cm³/mol. The van der Waals surface area contributed by atoms with Crippen molar-refractivity contribution in [3.63, 3.8) is 0 Å². The number of phenolic OH excluding ortho intramolecular Hbond substituents is 1. The summed E-state index contributed by atoms with van der Waals surface area (Å²) in [6.07, 6.45) is 1.27. The number of hydrazone groups is 1. The molecular formula is C19H20N6O3S. The Morgan fingerprint density at radius 1 is 1.28 bits per heavy atom. The second-order valence-electron chi connectivity index (χ2n) is 6.50. The summed E-state index contributed by atoms with van der Waals surface area (Å²) in [5.74, 6) is 0.963. The zero-order chi connectivity index (χ0) is 21.0. The Balaban J connectivity index is 1.62. The monoisotopic (exact) mass is 412 g/mol. The maximum atomic E-state index is 10.8. The summed E-state index contributed by atoms with van der Waals surface area (Å²) in [7, 11) is 0. The molecule has 10 heteroatoms. The maximum absolute atomic E-state index is 10.8. The topological polar surface area (TPSA) is 129 Å². The molecule has 0 unspecified atom stereocenters. The molecule has 150 valence electrons. The molecule has 0 saturated carbocycles. The fraction of sp³-hybridized carbons (Fsp3) is 0.211. The average Bonchev–Trinajstić information content (AvgIpc) is 3.10. The van der Waals surface area contributed by atoms with Crippen molar-refractivity contribution in [3.8, 4) is 5.75 Å². The van der Waals surface area contributed by atoms with E-state index in [0.717, 1.165) is 5.75 Å². The summed E-state index contributed by atoms with van der Waals surface area (Å²) < 4.78 is 0. The van der Waals surface area contributed by atoms with Crippen LogP contribution in [0.3, 0.4) is 0 Å². The van der Waals surface area contributed by atoms with E-state index in [1.807, 2.05) is 0 Å². The Kier molecular flexibility index (Phi) is 6.13. The lowest BCUT2D eigenvalue weighted by Crippen LogP contribution is -1.95. The smallest absolute Gasteiger partial charge is 0.270 e. The number of rotatable bonds is 7. The molecule has 0 aliphatic carbocycles. The van der Waals surface area contributed by atoms with Crippen molar-refractivity contribution in [2.24, 2.45) is 5.10 Å². The van der Waals surface area contributed by atoms with Gasteiger partial charge < -0.3 is 5.11 Å². The first-order chi connectivity index (χ1) is 13.8. The van der Waals surface area contributed by atoms with Gasteiger partial charge in [-0.25, -0.2) is 10.5 Å². The fourth-order valence-electron chi connectivity index (χ4n) is 2.86. The molecule has 1 aromatic heterocycles. The van der Waals surface area contributed by atoms with E-state index >= 15 is 0 Å². The number of nitrogens with one attached hydrogen (secondary N) is 2. The number of nitro benzene ring substituents is 1. The first-order valence-corrected chi connectivity index (χ1v) is 9.70. The number of aromatic nitrogens is 3. The second kappa shape index (κ2) is 8.74. The van der Waals surface area contributed by atoms with Gasteiger partial charge in [-0.3, -0.25) is 10.1 Å². The van der Waals surface area contributed by atoms with Crippen molar-refractivity contribution in [1.29, 1.82) is 0 Å². The van der Waals surface area contributed by atoms with Crippen LogP contribution in [0.4, 0.5) is 11.6 Å². The van der Waals surface area contributed by atoms with Gasteiger partial charge in [0.2, 0.25) is 11.1 Å². The lowest BCUT2D eigenvalue weighted by atomic mass is 10.0. The first kappa shape index (κ1) is 20.3. The van der Waals surface area contributed by atoms with E-state index in [9.17, 15) is 15.2 Å². The summed E-state index contributed by atoms with van der Waals surface area (Å²) in [6, 6.07) is 8.02. The van der Waals surface area contributed by atoms with E-state index in [1.165, 1.54) is 58.4 Å². The number of H-pyrrole nitrogens is 1. The van der Waals surface area contributed by atoms with Crippen LogP contribution in [0.15, 0.2) is 40.6 Å². The molecule has 3 N–H and O–H groups in total. The molecule has 0 aliphatic heterocycles. The van der Waals surface area contributed by atoms with Gasteiger partial charge in [0.25, 0.3) is 5.69 Å². The van der Waals surface area contributed by atoms with Crippen LogP contribution in [0.1, 0.15) is 27.8 Å². The summed E-state index contributed by atoms with van der Waals surface area (Å²) >= 11 is 1.51. The summed E-state index contributed by atoms with van der Waals surface area (Å²) in [5, 5.41) is 32.0. The van der Waals surface area contributed by atoms with Gasteiger partial charge in [0.15, 0.2) is 0 Å². The molecule has 0 bridgehead atoms. The van der Waals surface area contributed by atoms with Crippen molar-refractivity contribution in [1.82, 2.24) is 15.2 Å². The van der Waals surface area contributed by atoms with Crippen molar-refractivity contribution >= 4 is 29.6 Å².